The quantitative estimate of drug-likeness (QED) is 0.839. The monoisotopic (exact) mass is 293 g/mol. The van der Waals surface area contributed by atoms with Gasteiger partial charge in [-0.3, -0.25) is 9.69 Å². The molecule has 2 atom stereocenters. The topological polar surface area (TPSA) is 58.4 Å². The fourth-order valence-corrected chi connectivity index (χ4v) is 3.29. The number of hydrogen-bond acceptors (Lipinski definition) is 3. The van der Waals surface area contributed by atoms with E-state index in [2.05, 4.69) is 28.3 Å². The Morgan fingerprint density at radius 3 is 3.10 bits per heavy atom. The summed E-state index contributed by atoms with van der Waals surface area (Å²) >= 11 is 0. The molecule has 0 bridgehead atoms. The summed E-state index contributed by atoms with van der Waals surface area (Å²) in [4.78, 5) is 17.6. The minimum atomic E-state index is -0.680. The largest absolute Gasteiger partial charge is 0.481 e. The first-order chi connectivity index (χ1) is 10.1. The van der Waals surface area contributed by atoms with Crippen LogP contribution in [0.25, 0.3) is 0 Å². The molecule has 0 spiro atoms. The Kier molecular flexibility index (Phi) is 5.79. The number of hydrogen-bond donors (Lipinski definition) is 1. The van der Waals surface area contributed by atoms with Gasteiger partial charge < -0.3 is 9.67 Å². The van der Waals surface area contributed by atoms with Gasteiger partial charge in [0.2, 0.25) is 0 Å². The SMILES string of the molecule is CCCn1cncc1CN1CCCC(C(C)CC(=O)O)C1. The van der Waals surface area contributed by atoms with Crippen LogP contribution in [0.4, 0.5) is 0 Å². The highest BCUT2D eigenvalue weighted by Crippen LogP contribution is 2.27. The van der Waals surface area contributed by atoms with E-state index in [1.54, 1.807) is 0 Å². The number of aromatic nitrogens is 2. The zero-order chi connectivity index (χ0) is 15.2. The molecule has 1 aromatic heterocycles. The van der Waals surface area contributed by atoms with Crippen LogP contribution in [-0.4, -0.2) is 38.6 Å². The molecule has 1 N–H and O–H groups in total. The van der Waals surface area contributed by atoms with Crippen LogP contribution in [0.5, 0.6) is 0 Å². The van der Waals surface area contributed by atoms with Gasteiger partial charge in [0, 0.05) is 32.3 Å². The molecule has 5 heteroatoms. The third-order valence-corrected chi connectivity index (χ3v) is 4.49. The summed E-state index contributed by atoms with van der Waals surface area (Å²) in [5, 5.41) is 8.96. The van der Waals surface area contributed by atoms with Crippen molar-refractivity contribution in [2.75, 3.05) is 13.1 Å². The van der Waals surface area contributed by atoms with E-state index in [9.17, 15) is 4.79 Å². The van der Waals surface area contributed by atoms with Crippen LogP contribution in [0.2, 0.25) is 0 Å². The van der Waals surface area contributed by atoms with Gasteiger partial charge in [-0.1, -0.05) is 13.8 Å². The van der Waals surface area contributed by atoms with Crippen LogP contribution < -0.4 is 0 Å². The first-order valence-corrected chi connectivity index (χ1v) is 8.03. The van der Waals surface area contributed by atoms with Crippen molar-refractivity contribution in [3.8, 4) is 0 Å². The van der Waals surface area contributed by atoms with Gasteiger partial charge in [-0.2, -0.15) is 0 Å². The Balaban J connectivity index is 1.91. The molecule has 2 unspecified atom stereocenters. The molecule has 1 aliphatic rings. The summed E-state index contributed by atoms with van der Waals surface area (Å²) in [6.07, 6.45) is 7.58. The molecule has 2 rings (SSSR count). The maximum atomic E-state index is 10.9. The minimum absolute atomic E-state index is 0.255. The lowest BCUT2D eigenvalue weighted by molar-refractivity contribution is -0.138. The number of nitrogens with zero attached hydrogens (tertiary/aromatic N) is 3. The molecular weight excluding hydrogens is 266 g/mol. The summed E-state index contributed by atoms with van der Waals surface area (Å²) < 4.78 is 2.23. The Morgan fingerprint density at radius 1 is 1.57 bits per heavy atom. The van der Waals surface area contributed by atoms with Gasteiger partial charge >= 0.3 is 5.97 Å². The fourth-order valence-electron chi connectivity index (χ4n) is 3.29. The van der Waals surface area contributed by atoms with Crippen LogP contribution >= 0.6 is 0 Å². The van der Waals surface area contributed by atoms with Gasteiger partial charge in [-0.25, -0.2) is 4.98 Å². The third-order valence-electron chi connectivity index (χ3n) is 4.49. The van der Waals surface area contributed by atoms with E-state index in [0.29, 0.717) is 5.92 Å². The van der Waals surface area contributed by atoms with E-state index in [1.165, 1.54) is 5.69 Å². The number of carbonyl (C=O) groups is 1. The normalized spacial score (nSPS) is 21.3. The van der Waals surface area contributed by atoms with Crippen LogP contribution in [-0.2, 0) is 17.9 Å². The van der Waals surface area contributed by atoms with Gasteiger partial charge in [0.15, 0.2) is 0 Å². The maximum absolute atomic E-state index is 10.9. The second kappa shape index (κ2) is 7.59. The van der Waals surface area contributed by atoms with Crippen LogP contribution in [0.3, 0.4) is 0 Å². The van der Waals surface area contributed by atoms with E-state index in [1.807, 2.05) is 12.5 Å². The minimum Gasteiger partial charge on any atom is -0.481 e. The standard InChI is InChI=1S/C16H27N3O2/c1-3-6-19-12-17-9-15(19)11-18-7-4-5-14(10-18)13(2)8-16(20)21/h9,12-14H,3-8,10-11H2,1-2H3,(H,20,21). The molecule has 118 valence electrons. The molecule has 2 heterocycles. The van der Waals surface area contributed by atoms with Gasteiger partial charge in [0.1, 0.15) is 0 Å². The van der Waals surface area contributed by atoms with E-state index in [4.69, 9.17) is 5.11 Å². The average Bonchev–Trinajstić information content (AvgIpc) is 2.86. The zero-order valence-electron chi connectivity index (χ0n) is 13.2. The highest BCUT2D eigenvalue weighted by Gasteiger charge is 2.26. The summed E-state index contributed by atoms with van der Waals surface area (Å²) in [6, 6.07) is 0. The first kappa shape index (κ1) is 16.0. The Labute approximate surface area is 127 Å². The smallest absolute Gasteiger partial charge is 0.303 e. The molecule has 0 saturated carbocycles. The number of likely N-dealkylation sites (tertiary alicyclic amines) is 1. The highest BCUT2D eigenvalue weighted by molar-refractivity contribution is 5.67. The van der Waals surface area contributed by atoms with Crippen molar-refractivity contribution in [3.05, 3.63) is 18.2 Å². The van der Waals surface area contributed by atoms with Crippen molar-refractivity contribution in [2.24, 2.45) is 11.8 Å². The van der Waals surface area contributed by atoms with Crippen LogP contribution in [0.1, 0.15) is 45.2 Å². The van der Waals surface area contributed by atoms with Crippen molar-refractivity contribution in [3.63, 3.8) is 0 Å². The molecule has 1 aliphatic heterocycles. The van der Waals surface area contributed by atoms with Gasteiger partial charge in [0.25, 0.3) is 0 Å². The number of carboxylic acids is 1. The van der Waals surface area contributed by atoms with Crippen molar-refractivity contribution in [1.29, 1.82) is 0 Å². The van der Waals surface area contributed by atoms with Gasteiger partial charge in [-0.15, -0.1) is 0 Å². The number of aliphatic carboxylic acids is 1. The summed E-state index contributed by atoms with van der Waals surface area (Å²) in [6.45, 7) is 8.30. The molecule has 21 heavy (non-hydrogen) atoms. The number of imidazole rings is 1. The van der Waals surface area contributed by atoms with Crippen molar-refractivity contribution < 1.29 is 9.90 Å². The van der Waals surface area contributed by atoms with E-state index in [0.717, 1.165) is 45.4 Å². The lowest BCUT2D eigenvalue weighted by Gasteiger charge is -2.35. The van der Waals surface area contributed by atoms with Gasteiger partial charge in [0.05, 0.1) is 12.0 Å². The third kappa shape index (κ3) is 4.56. The molecule has 0 aliphatic carbocycles. The molecule has 1 saturated heterocycles. The Bertz CT molecular complexity index is 458. The molecule has 0 aromatic carbocycles. The number of rotatable bonds is 7. The first-order valence-electron chi connectivity index (χ1n) is 8.03. The van der Waals surface area contributed by atoms with Crippen molar-refractivity contribution >= 4 is 5.97 Å². The number of piperidine rings is 1. The zero-order valence-corrected chi connectivity index (χ0v) is 13.2. The van der Waals surface area contributed by atoms with Crippen molar-refractivity contribution in [1.82, 2.24) is 14.5 Å². The molecule has 1 fully saturated rings. The van der Waals surface area contributed by atoms with E-state index in [-0.39, 0.29) is 12.3 Å². The van der Waals surface area contributed by atoms with Gasteiger partial charge in [-0.05, 0) is 37.6 Å². The molecular formula is C16H27N3O2. The number of aryl methyl sites for hydroxylation is 1. The van der Waals surface area contributed by atoms with Crippen LogP contribution in [0, 0.1) is 11.8 Å². The molecule has 5 nitrogen and oxygen atoms in total. The average molecular weight is 293 g/mol. The second-order valence-electron chi connectivity index (χ2n) is 6.29. The predicted molar refractivity (Wildman–Crippen MR) is 81.9 cm³/mol. The fraction of sp³-hybridized carbons (Fsp3) is 0.750. The Hall–Kier alpha value is -1.36. The van der Waals surface area contributed by atoms with Crippen molar-refractivity contribution in [2.45, 2.75) is 52.6 Å². The lowest BCUT2D eigenvalue weighted by Crippen LogP contribution is -2.38. The lowest BCUT2D eigenvalue weighted by atomic mass is 9.84. The second-order valence-corrected chi connectivity index (χ2v) is 6.29. The van der Waals surface area contributed by atoms with E-state index < -0.39 is 5.97 Å². The van der Waals surface area contributed by atoms with E-state index >= 15 is 0 Å². The molecule has 0 radical (unpaired) electrons. The summed E-state index contributed by atoms with van der Waals surface area (Å²) in [5.74, 6) is 0.0731. The summed E-state index contributed by atoms with van der Waals surface area (Å²) in [7, 11) is 0. The number of carboxylic acid groups (broad SMARTS) is 1. The molecule has 1 aromatic rings. The molecule has 0 amide bonds. The predicted octanol–water partition coefficient (Wildman–Crippen LogP) is 2.62. The Morgan fingerprint density at radius 2 is 2.38 bits per heavy atom. The highest BCUT2D eigenvalue weighted by atomic mass is 16.4. The summed E-state index contributed by atoms with van der Waals surface area (Å²) in [5.41, 5.74) is 1.27. The van der Waals surface area contributed by atoms with Crippen LogP contribution in [0.15, 0.2) is 12.5 Å². The maximum Gasteiger partial charge on any atom is 0.303 e.